The zero-order valence-electron chi connectivity index (χ0n) is 11.7. The van der Waals surface area contributed by atoms with Crippen LogP contribution in [0.4, 0.5) is 5.82 Å². The van der Waals surface area contributed by atoms with Crippen molar-refractivity contribution in [2.24, 2.45) is 12.0 Å². The lowest BCUT2D eigenvalue weighted by Gasteiger charge is -2.38. The minimum Gasteiger partial charge on any atom is -0.377 e. The summed E-state index contributed by atoms with van der Waals surface area (Å²) < 4.78 is 7.25. The molecule has 1 aromatic heterocycles. The first-order chi connectivity index (χ1) is 9.63. The summed E-state index contributed by atoms with van der Waals surface area (Å²) in [5.74, 6) is 1.85. The Morgan fingerprint density at radius 1 is 1.45 bits per heavy atom. The SMILES string of the molecule is C[C@@H]1COCCN1C1=NC(Cl)=CN(c2ccn(C)n2)C1. The fourth-order valence-corrected chi connectivity index (χ4v) is 2.70. The van der Waals surface area contributed by atoms with Crippen LogP contribution in [-0.4, -0.2) is 52.9 Å². The molecule has 0 saturated carbocycles. The highest BCUT2D eigenvalue weighted by Crippen LogP contribution is 2.21. The van der Waals surface area contributed by atoms with Crippen molar-refractivity contribution in [2.75, 3.05) is 31.2 Å². The van der Waals surface area contributed by atoms with E-state index in [9.17, 15) is 0 Å². The quantitative estimate of drug-likeness (QED) is 0.735. The van der Waals surface area contributed by atoms with E-state index in [0.29, 0.717) is 17.7 Å². The smallest absolute Gasteiger partial charge is 0.155 e. The van der Waals surface area contributed by atoms with Crippen molar-refractivity contribution in [1.82, 2.24) is 14.7 Å². The molecule has 6 nitrogen and oxygen atoms in total. The van der Waals surface area contributed by atoms with Crippen LogP contribution in [0, 0.1) is 0 Å². The third-order valence-corrected chi connectivity index (χ3v) is 3.69. The van der Waals surface area contributed by atoms with Crippen LogP contribution in [0.25, 0.3) is 0 Å². The summed E-state index contributed by atoms with van der Waals surface area (Å²) in [6, 6.07) is 2.28. The van der Waals surface area contributed by atoms with E-state index in [4.69, 9.17) is 16.3 Å². The van der Waals surface area contributed by atoms with Gasteiger partial charge in [-0.2, -0.15) is 5.10 Å². The number of nitrogens with zero attached hydrogens (tertiary/aromatic N) is 5. The average Bonchev–Trinajstić information content (AvgIpc) is 2.85. The van der Waals surface area contributed by atoms with Gasteiger partial charge in [-0.25, -0.2) is 4.99 Å². The lowest BCUT2D eigenvalue weighted by atomic mass is 10.2. The van der Waals surface area contributed by atoms with Crippen LogP contribution < -0.4 is 4.90 Å². The van der Waals surface area contributed by atoms with Crippen LogP contribution in [-0.2, 0) is 11.8 Å². The molecule has 0 aliphatic carbocycles. The van der Waals surface area contributed by atoms with E-state index in [-0.39, 0.29) is 0 Å². The molecule has 0 aromatic carbocycles. The molecule has 0 bridgehead atoms. The van der Waals surface area contributed by atoms with Crippen LogP contribution in [0.1, 0.15) is 6.92 Å². The summed E-state index contributed by atoms with van der Waals surface area (Å²) >= 11 is 6.17. The lowest BCUT2D eigenvalue weighted by Crippen LogP contribution is -2.51. The normalized spacial score (nSPS) is 23.6. The molecule has 2 aliphatic heterocycles. The third kappa shape index (κ3) is 2.66. The molecular formula is C13H18ClN5O. The van der Waals surface area contributed by atoms with Crippen molar-refractivity contribution >= 4 is 23.3 Å². The Kier molecular flexibility index (Phi) is 3.67. The second-order valence-electron chi connectivity index (χ2n) is 5.07. The Hall–Kier alpha value is -1.53. The van der Waals surface area contributed by atoms with E-state index in [1.807, 2.05) is 30.4 Å². The topological polar surface area (TPSA) is 45.9 Å². The van der Waals surface area contributed by atoms with Gasteiger partial charge >= 0.3 is 0 Å². The number of aromatic nitrogens is 2. The predicted octanol–water partition coefficient (Wildman–Crippen LogP) is 1.40. The summed E-state index contributed by atoms with van der Waals surface area (Å²) in [5, 5.41) is 4.89. The largest absolute Gasteiger partial charge is 0.377 e. The maximum absolute atomic E-state index is 6.17. The Bertz CT molecular complexity index is 553. The third-order valence-electron chi connectivity index (χ3n) is 3.50. The summed E-state index contributed by atoms with van der Waals surface area (Å²) in [7, 11) is 1.90. The van der Waals surface area contributed by atoms with Gasteiger partial charge in [-0.1, -0.05) is 11.6 Å². The molecule has 2 aliphatic rings. The van der Waals surface area contributed by atoms with Crippen LogP contribution in [0.15, 0.2) is 28.6 Å². The summed E-state index contributed by atoms with van der Waals surface area (Å²) in [4.78, 5) is 8.76. The molecule has 1 fully saturated rings. The molecule has 0 N–H and O–H groups in total. The number of aliphatic imine (C=N–C) groups is 1. The Morgan fingerprint density at radius 2 is 2.30 bits per heavy atom. The molecule has 0 amide bonds. The second kappa shape index (κ2) is 5.46. The van der Waals surface area contributed by atoms with E-state index in [2.05, 4.69) is 21.9 Å². The van der Waals surface area contributed by atoms with Gasteiger partial charge in [0.15, 0.2) is 5.82 Å². The van der Waals surface area contributed by atoms with Crippen molar-refractivity contribution in [3.8, 4) is 0 Å². The maximum Gasteiger partial charge on any atom is 0.155 e. The number of aryl methyl sites for hydroxylation is 1. The number of morpholine rings is 1. The molecule has 20 heavy (non-hydrogen) atoms. The van der Waals surface area contributed by atoms with Crippen LogP contribution >= 0.6 is 11.6 Å². The minimum atomic E-state index is 0.315. The van der Waals surface area contributed by atoms with Gasteiger partial charge in [-0.15, -0.1) is 0 Å². The van der Waals surface area contributed by atoms with E-state index < -0.39 is 0 Å². The Balaban J connectivity index is 1.81. The summed E-state index contributed by atoms with van der Waals surface area (Å²) in [6.07, 6.45) is 3.73. The van der Waals surface area contributed by atoms with Gasteiger partial charge < -0.3 is 14.5 Å². The molecule has 1 atom stereocenters. The molecule has 108 valence electrons. The first kappa shape index (κ1) is 13.5. The first-order valence-electron chi connectivity index (χ1n) is 6.69. The molecule has 1 aromatic rings. The fourth-order valence-electron chi connectivity index (χ4n) is 2.48. The van der Waals surface area contributed by atoms with Crippen molar-refractivity contribution in [3.05, 3.63) is 23.6 Å². The standard InChI is InChI=1S/C13H18ClN5O/c1-10-9-20-6-5-19(10)13-8-18(7-11(14)15-13)12-3-4-17(2)16-12/h3-4,7,10H,5-6,8-9H2,1-2H3/t10-/m1/s1. The lowest BCUT2D eigenvalue weighted by molar-refractivity contribution is 0.0326. The van der Waals surface area contributed by atoms with Crippen LogP contribution in [0.3, 0.4) is 0 Å². The van der Waals surface area contributed by atoms with Gasteiger partial charge in [0.25, 0.3) is 0 Å². The fraction of sp³-hybridized carbons (Fsp3) is 0.538. The highest BCUT2D eigenvalue weighted by molar-refractivity contribution is 6.30. The second-order valence-corrected chi connectivity index (χ2v) is 5.46. The molecule has 3 rings (SSSR count). The van der Waals surface area contributed by atoms with E-state index in [1.165, 1.54) is 0 Å². The minimum absolute atomic E-state index is 0.315. The Morgan fingerprint density at radius 3 is 3.00 bits per heavy atom. The van der Waals surface area contributed by atoms with Crippen molar-refractivity contribution in [3.63, 3.8) is 0 Å². The van der Waals surface area contributed by atoms with E-state index in [1.54, 1.807) is 4.68 Å². The number of anilines is 1. The van der Waals surface area contributed by atoms with Gasteiger partial charge in [0, 0.05) is 32.1 Å². The number of halogens is 1. The molecule has 3 heterocycles. The maximum atomic E-state index is 6.17. The number of ether oxygens (including phenoxy) is 1. The molecule has 1 saturated heterocycles. The van der Waals surface area contributed by atoms with Gasteiger partial charge in [0.1, 0.15) is 11.0 Å². The van der Waals surface area contributed by atoms with Gasteiger partial charge in [0.2, 0.25) is 0 Å². The zero-order chi connectivity index (χ0) is 14.1. The van der Waals surface area contributed by atoms with Crippen LogP contribution in [0.2, 0.25) is 0 Å². The highest BCUT2D eigenvalue weighted by atomic mass is 35.5. The van der Waals surface area contributed by atoms with Crippen LogP contribution in [0.5, 0.6) is 0 Å². The summed E-state index contributed by atoms with van der Waals surface area (Å²) in [5.41, 5.74) is 0. The number of hydrogen-bond donors (Lipinski definition) is 0. The summed E-state index contributed by atoms with van der Waals surface area (Å²) in [6.45, 7) is 5.12. The molecular weight excluding hydrogens is 278 g/mol. The molecule has 7 heteroatoms. The number of rotatable bonds is 1. The predicted molar refractivity (Wildman–Crippen MR) is 78.9 cm³/mol. The van der Waals surface area contributed by atoms with Crippen molar-refractivity contribution in [1.29, 1.82) is 0 Å². The monoisotopic (exact) mass is 295 g/mol. The molecule has 0 unspecified atom stereocenters. The Labute approximate surface area is 123 Å². The van der Waals surface area contributed by atoms with E-state index >= 15 is 0 Å². The number of hydrogen-bond acceptors (Lipinski definition) is 5. The highest BCUT2D eigenvalue weighted by Gasteiger charge is 2.26. The van der Waals surface area contributed by atoms with Crippen molar-refractivity contribution < 1.29 is 4.74 Å². The first-order valence-corrected chi connectivity index (χ1v) is 7.07. The molecule has 0 spiro atoms. The average molecular weight is 296 g/mol. The zero-order valence-corrected chi connectivity index (χ0v) is 12.4. The van der Waals surface area contributed by atoms with Gasteiger partial charge in [0.05, 0.1) is 25.8 Å². The molecule has 0 radical (unpaired) electrons. The van der Waals surface area contributed by atoms with Crippen molar-refractivity contribution in [2.45, 2.75) is 13.0 Å². The van der Waals surface area contributed by atoms with Gasteiger partial charge in [-0.3, -0.25) is 4.68 Å². The van der Waals surface area contributed by atoms with E-state index in [0.717, 1.165) is 31.4 Å². The van der Waals surface area contributed by atoms with Gasteiger partial charge in [-0.05, 0) is 6.92 Å². The number of amidine groups is 1.